The van der Waals surface area contributed by atoms with E-state index in [1.807, 2.05) is 36.4 Å². The first-order valence-electron chi connectivity index (χ1n) is 11.5. The van der Waals surface area contributed by atoms with Gasteiger partial charge in [0.15, 0.2) is 0 Å². The molecule has 1 aliphatic heterocycles. The number of benzene rings is 3. The van der Waals surface area contributed by atoms with Crippen molar-refractivity contribution in [2.75, 3.05) is 31.5 Å². The zero-order chi connectivity index (χ0) is 24.6. The van der Waals surface area contributed by atoms with Gasteiger partial charge in [-0.15, -0.1) is 0 Å². The minimum absolute atomic E-state index is 0.0993. The van der Waals surface area contributed by atoms with E-state index in [9.17, 15) is 14.4 Å². The molecule has 1 heterocycles. The first-order valence-corrected chi connectivity index (χ1v) is 11.5. The van der Waals surface area contributed by atoms with Crippen LogP contribution in [0.2, 0.25) is 0 Å². The van der Waals surface area contributed by atoms with Crippen molar-refractivity contribution in [1.82, 2.24) is 9.80 Å². The van der Waals surface area contributed by atoms with Gasteiger partial charge >= 0.3 is 5.97 Å². The van der Waals surface area contributed by atoms with Crippen molar-refractivity contribution in [2.24, 2.45) is 0 Å². The highest BCUT2D eigenvalue weighted by molar-refractivity contribution is 6.07. The molecule has 7 nitrogen and oxygen atoms in total. The van der Waals surface area contributed by atoms with Crippen LogP contribution in [0.1, 0.15) is 27.5 Å². The van der Waals surface area contributed by atoms with Crippen LogP contribution in [0.4, 0.5) is 5.69 Å². The number of para-hydroxylation sites is 1. The summed E-state index contributed by atoms with van der Waals surface area (Å²) in [5.41, 5.74) is 3.15. The van der Waals surface area contributed by atoms with E-state index in [0.717, 1.165) is 12.2 Å². The summed E-state index contributed by atoms with van der Waals surface area (Å²) in [6.45, 7) is 2.51. The number of carboxylic acids is 1. The second-order valence-electron chi connectivity index (χ2n) is 8.26. The van der Waals surface area contributed by atoms with Crippen molar-refractivity contribution >= 4 is 23.5 Å². The molecule has 2 N–H and O–H groups in total. The molecule has 7 heteroatoms. The summed E-state index contributed by atoms with van der Waals surface area (Å²) >= 11 is 0. The third kappa shape index (κ3) is 6.02. The van der Waals surface area contributed by atoms with E-state index < -0.39 is 11.9 Å². The number of amides is 2. The Hall–Kier alpha value is -4.23. The maximum absolute atomic E-state index is 13.3. The summed E-state index contributed by atoms with van der Waals surface area (Å²) in [7, 11) is 0. The summed E-state index contributed by atoms with van der Waals surface area (Å²) in [5.74, 6) is -1.99. The Labute approximate surface area is 204 Å². The smallest absolute Gasteiger partial charge is 0.328 e. The molecule has 0 unspecified atom stereocenters. The Balaban J connectivity index is 1.47. The van der Waals surface area contributed by atoms with Gasteiger partial charge in [-0.1, -0.05) is 72.8 Å². The lowest BCUT2D eigenvalue weighted by molar-refractivity contribution is -0.131. The lowest BCUT2D eigenvalue weighted by Crippen LogP contribution is -2.50. The van der Waals surface area contributed by atoms with E-state index in [4.69, 9.17) is 5.11 Å². The lowest BCUT2D eigenvalue weighted by Gasteiger charge is -2.40. The molecule has 0 bridgehead atoms. The predicted molar refractivity (Wildman–Crippen MR) is 134 cm³/mol. The zero-order valence-corrected chi connectivity index (χ0v) is 19.2. The minimum atomic E-state index is -1.22. The molecular formula is C28H27N3O4. The number of hydrogen-bond acceptors (Lipinski definition) is 4. The highest BCUT2D eigenvalue weighted by atomic mass is 16.4. The molecule has 4 rings (SSSR count). The zero-order valence-electron chi connectivity index (χ0n) is 19.2. The first-order chi connectivity index (χ1) is 17.0. The average molecular weight is 470 g/mol. The molecule has 0 aromatic heterocycles. The van der Waals surface area contributed by atoms with Crippen LogP contribution in [0.3, 0.4) is 0 Å². The molecular weight excluding hydrogens is 442 g/mol. The second kappa shape index (κ2) is 11.3. The van der Waals surface area contributed by atoms with Gasteiger partial charge in [0, 0.05) is 38.3 Å². The van der Waals surface area contributed by atoms with Crippen molar-refractivity contribution < 1.29 is 19.5 Å². The fourth-order valence-corrected chi connectivity index (χ4v) is 4.34. The van der Waals surface area contributed by atoms with Crippen molar-refractivity contribution in [2.45, 2.75) is 6.04 Å². The van der Waals surface area contributed by atoms with Crippen molar-refractivity contribution in [3.8, 4) is 0 Å². The number of carbonyl (C=O) groups excluding carboxylic acids is 2. The van der Waals surface area contributed by atoms with Crippen molar-refractivity contribution in [3.05, 3.63) is 114 Å². The van der Waals surface area contributed by atoms with Crippen molar-refractivity contribution in [3.63, 3.8) is 0 Å². The molecule has 2 amide bonds. The molecule has 0 radical (unpaired) electrons. The van der Waals surface area contributed by atoms with Crippen LogP contribution in [0.15, 0.2) is 97.1 Å². The number of aliphatic carboxylic acids is 1. The Morgan fingerprint density at radius 3 is 1.86 bits per heavy atom. The quantitative estimate of drug-likeness (QED) is 0.514. The van der Waals surface area contributed by atoms with Crippen LogP contribution < -0.4 is 5.32 Å². The Bertz CT molecular complexity index is 1160. The van der Waals surface area contributed by atoms with E-state index >= 15 is 0 Å². The second-order valence-corrected chi connectivity index (χ2v) is 8.26. The van der Waals surface area contributed by atoms with Gasteiger partial charge in [0.05, 0.1) is 17.3 Å². The summed E-state index contributed by atoms with van der Waals surface area (Å²) in [5, 5.41) is 11.3. The Morgan fingerprint density at radius 1 is 0.743 bits per heavy atom. The van der Waals surface area contributed by atoms with E-state index in [1.165, 1.54) is 11.1 Å². The van der Waals surface area contributed by atoms with Gasteiger partial charge in [0.1, 0.15) is 0 Å². The third-order valence-corrected chi connectivity index (χ3v) is 5.99. The highest BCUT2D eigenvalue weighted by Gasteiger charge is 2.29. The fourth-order valence-electron chi connectivity index (χ4n) is 4.34. The fraction of sp³-hybridized carbons (Fsp3) is 0.179. The number of carboxylic acid groups (broad SMARTS) is 1. The number of piperazine rings is 1. The Morgan fingerprint density at radius 2 is 1.29 bits per heavy atom. The molecule has 0 atom stereocenters. The molecule has 35 heavy (non-hydrogen) atoms. The van der Waals surface area contributed by atoms with Gasteiger partial charge in [-0.2, -0.15) is 0 Å². The molecule has 0 spiro atoms. The summed E-state index contributed by atoms with van der Waals surface area (Å²) in [6, 6.07) is 27.6. The van der Waals surface area contributed by atoms with Gasteiger partial charge in [-0.25, -0.2) is 4.79 Å². The van der Waals surface area contributed by atoms with Gasteiger partial charge < -0.3 is 15.3 Å². The van der Waals surface area contributed by atoms with Crippen LogP contribution >= 0.6 is 0 Å². The van der Waals surface area contributed by atoms with Crippen LogP contribution in [-0.4, -0.2) is 58.9 Å². The standard InChI is InChI=1S/C28H27N3O4/c32-25(15-16-26(33)34)29-24-14-8-7-13-23(24)28(35)31-19-17-30(18-20-31)27(21-9-3-1-4-10-21)22-11-5-2-6-12-22/h1-16,27H,17-20H2,(H,29,32)(H,33,34). The predicted octanol–water partition coefficient (Wildman–Crippen LogP) is 3.81. The van der Waals surface area contributed by atoms with E-state index in [0.29, 0.717) is 37.4 Å². The van der Waals surface area contributed by atoms with E-state index in [1.54, 1.807) is 29.2 Å². The van der Waals surface area contributed by atoms with Crippen LogP contribution in [0.25, 0.3) is 0 Å². The van der Waals surface area contributed by atoms with Crippen LogP contribution in [0, 0.1) is 0 Å². The number of carbonyl (C=O) groups is 3. The third-order valence-electron chi connectivity index (χ3n) is 5.99. The monoisotopic (exact) mass is 469 g/mol. The molecule has 3 aromatic rings. The minimum Gasteiger partial charge on any atom is -0.478 e. The SMILES string of the molecule is O=C(O)C=CC(=O)Nc1ccccc1C(=O)N1CCN(C(c2ccccc2)c2ccccc2)CC1. The number of nitrogens with zero attached hydrogens (tertiary/aromatic N) is 2. The van der Waals surface area contributed by atoms with Crippen LogP contribution in [0.5, 0.6) is 0 Å². The molecule has 1 aliphatic rings. The summed E-state index contributed by atoms with van der Waals surface area (Å²) in [4.78, 5) is 40.2. The number of hydrogen-bond donors (Lipinski definition) is 2. The lowest BCUT2D eigenvalue weighted by atomic mass is 9.96. The average Bonchev–Trinajstić information content (AvgIpc) is 2.89. The maximum Gasteiger partial charge on any atom is 0.328 e. The molecule has 3 aromatic carbocycles. The summed E-state index contributed by atoms with van der Waals surface area (Å²) in [6.07, 6.45) is 1.69. The highest BCUT2D eigenvalue weighted by Crippen LogP contribution is 2.30. The molecule has 0 saturated carbocycles. The number of rotatable bonds is 7. The molecule has 0 aliphatic carbocycles. The van der Waals surface area contributed by atoms with Crippen LogP contribution in [-0.2, 0) is 9.59 Å². The largest absolute Gasteiger partial charge is 0.478 e. The van der Waals surface area contributed by atoms with Gasteiger partial charge in [-0.05, 0) is 23.3 Å². The number of anilines is 1. The van der Waals surface area contributed by atoms with E-state index in [2.05, 4.69) is 34.5 Å². The molecule has 178 valence electrons. The van der Waals surface area contributed by atoms with Gasteiger partial charge in [0.2, 0.25) is 5.91 Å². The first kappa shape index (κ1) is 23.9. The molecule has 1 fully saturated rings. The maximum atomic E-state index is 13.3. The number of nitrogens with one attached hydrogen (secondary N) is 1. The summed E-state index contributed by atoms with van der Waals surface area (Å²) < 4.78 is 0. The van der Waals surface area contributed by atoms with Gasteiger partial charge in [-0.3, -0.25) is 14.5 Å². The normalized spacial score (nSPS) is 14.3. The van der Waals surface area contributed by atoms with Crippen molar-refractivity contribution in [1.29, 1.82) is 0 Å². The molecule has 1 saturated heterocycles. The van der Waals surface area contributed by atoms with E-state index in [-0.39, 0.29) is 11.9 Å². The topological polar surface area (TPSA) is 89.9 Å². The van der Waals surface area contributed by atoms with Gasteiger partial charge in [0.25, 0.3) is 5.91 Å². The Kier molecular flexibility index (Phi) is 7.70.